The minimum absolute atomic E-state index is 0.127. The van der Waals surface area contributed by atoms with Crippen LogP contribution < -0.4 is 5.32 Å². The summed E-state index contributed by atoms with van der Waals surface area (Å²) in [5.74, 6) is -0.127. The van der Waals surface area contributed by atoms with Crippen LogP contribution in [0.2, 0.25) is 0 Å². The van der Waals surface area contributed by atoms with Gasteiger partial charge in [0.25, 0.3) is 0 Å². The Kier molecular flexibility index (Phi) is 4.02. The lowest BCUT2D eigenvalue weighted by atomic mass is 10.1. The molecule has 0 saturated carbocycles. The average Bonchev–Trinajstić information content (AvgIpc) is 2.78. The summed E-state index contributed by atoms with van der Waals surface area (Å²) in [5, 5.41) is 3.20. The zero-order chi connectivity index (χ0) is 12.1. The number of benzene rings is 1. The highest BCUT2D eigenvalue weighted by molar-refractivity contribution is 5.82. The van der Waals surface area contributed by atoms with Crippen molar-refractivity contribution in [2.75, 3.05) is 11.9 Å². The van der Waals surface area contributed by atoms with E-state index in [2.05, 4.69) is 12.2 Å². The van der Waals surface area contributed by atoms with Crippen molar-refractivity contribution in [1.29, 1.82) is 0 Å². The number of hydrogen-bond acceptors (Lipinski definition) is 3. The second kappa shape index (κ2) is 5.71. The van der Waals surface area contributed by atoms with Gasteiger partial charge in [-0.25, -0.2) is 4.79 Å². The fourth-order valence-corrected chi connectivity index (χ4v) is 2.07. The van der Waals surface area contributed by atoms with E-state index in [0.717, 1.165) is 31.4 Å². The van der Waals surface area contributed by atoms with Crippen molar-refractivity contribution in [1.82, 2.24) is 0 Å². The van der Waals surface area contributed by atoms with Crippen LogP contribution in [0, 0.1) is 0 Å². The van der Waals surface area contributed by atoms with Crippen molar-refractivity contribution in [2.24, 2.45) is 0 Å². The number of ether oxygens (including phenoxy) is 1. The molecule has 0 spiro atoms. The van der Waals surface area contributed by atoms with E-state index in [4.69, 9.17) is 4.74 Å². The normalized spacial score (nSPS) is 17.4. The summed E-state index contributed by atoms with van der Waals surface area (Å²) in [6.45, 7) is 2.68. The number of fused-ring (bicyclic) bond motifs is 1. The maximum absolute atomic E-state index is 11.8. The molecule has 17 heavy (non-hydrogen) atoms. The number of nitrogens with one attached hydrogen (secondary N) is 1. The molecule has 1 aliphatic heterocycles. The lowest BCUT2D eigenvalue weighted by Crippen LogP contribution is -2.29. The minimum atomic E-state index is -0.200. The Balaban J connectivity index is 1.80. The van der Waals surface area contributed by atoms with Crippen LogP contribution in [-0.4, -0.2) is 18.6 Å². The molecule has 0 radical (unpaired) electrons. The molecule has 0 unspecified atom stereocenters. The van der Waals surface area contributed by atoms with Gasteiger partial charge in [-0.15, -0.1) is 0 Å². The van der Waals surface area contributed by atoms with Gasteiger partial charge in [0.05, 0.1) is 6.61 Å². The highest BCUT2D eigenvalue weighted by atomic mass is 16.5. The van der Waals surface area contributed by atoms with Crippen molar-refractivity contribution in [3.8, 4) is 0 Å². The lowest BCUT2D eigenvalue weighted by Gasteiger charge is -2.10. The fourth-order valence-electron chi connectivity index (χ4n) is 2.07. The molecule has 1 aromatic carbocycles. The second-order valence-electron chi connectivity index (χ2n) is 4.43. The molecule has 0 aliphatic carbocycles. The Labute approximate surface area is 102 Å². The van der Waals surface area contributed by atoms with Gasteiger partial charge < -0.3 is 10.1 Å². The Morgan fingerprint density at radius 2 is 2.24 bits per heavy atom. The van der Waals surface area contributed by atoms with Crippen LogP contribution in [0.25, 0.3) is 0 Å². The third-order valence-corrected chi connectivity index (χ3v) is 3.05. The van der Waals surface area contributed by atoms with E-state index >= 15 is 0 Å². The van der Waals surface area contributed by atoms with Crippen molar-refractivity contribution in [3.63, 3.8) is 0 Å². The van der Waals surface area contributed by atoms with Crippen LogP contribution in [0.1, 0.15) is 31.7 Å². The molecule has 1 heterocycles. The number of carbonyl (C=O) groups excluding carboxylic acids is 1. The molecule has 92 valence electrons. The smallest absolute Gasteiger partial charge is 0.328 e. The largest absolute Gasteiger partial charge is 0.464 e. The van der Waals surface area contributed by atoms with E-state index in [9.17, 15) is 4.79 Å². The van der Waals surface area contributed by atoms with E-state index in [1.54, 1.807) is 0 Å². The number of para-hydroxylation sites is 1. The highest BCUT2D eigenvalue weighted by Gasteiger charge is 2.27. The maximum atomic E-state index is 11.8. The summed E-state index contributed by atoms with van der Waals surface area (Å²) in [4.78, 5) is 11.8. The molecule has 1 aromatic rings. The van der Waals surface area contributed by atoms with E-state index in [1.807, 2.05) is 24.3 Å². The number of carbonyl (C=O) groups is 1. The topological polar surface area (TPSA) is 38.3 Å². The zero-order valence-corrected chi connectivity index (χ0v) is 10.2. The number of hydrogen-bond donors (Lipinski definition) is 1. The van der Waals surface area contributed by atoms with Gasteiger partial charge in [0.15, 0.2) is 0 Å². The molecule has 1 N–H and O–H groups in total. The predicted octanol–water partition coefficient (Wildman–Crippen LogP) is 2.76. The van der Waals surface area contributed by atoms with Crippen LogP contribution in [0.5, 0.6) is 0 Å². The molecule has 2 rings (SSSR count). The maximum Gasteiger partial charge on any atom is 0.328 e. The summed E-state index contributed by atoms with van der Waals surface area (Å²) in [6, 6.07) is 7.82. The van der Waals surface area contributed by atoms with Gasteiger partial charge in [-0.05, 0) is 18.1 Å². The van der Waals surface area contributed by atoms with Crippen molar-refractivity contribution in [2.45, 2.75) is 38.6 Å². The molecule has 1 atom stereocenters. The predicted molar refractivity (Wildman–Crippen MR) is 68.0 cm³/mol. The second-order valence-corrected chi connectivity index (χ2v) is 4.43. The number of anilines is 1. The van der Waals surface area contributed by atoms with Gasteiger partial charge in [-0.3, -0.25) is 0 Å². The van der Waals surface area contributed by atoms with Gasteiger partial charge >= 0.3 is 5.97 Å². The first-order valence-corrected chi connectivity index (χ1v) is 6.32. The Bertz CT molecular complexity index is 365. The monoisotopic (exact) mass is 233 g/mol. The summed E-state index contributed by atoms with van der Waals surface area (Å²) in [7, 11) is 0. The van der Waals surface area contributed by atoms with E-state index in [-0.39, 0.29) is 12.0 Å². The van der Waals surface area contributed by atoms with Crippen LogP contribution >= 0.6 is 0 Å². The first kappa shape index (κ1) is 12.0. The van der Waals surface area contributed by atoms with Crippen LogP contribution in [-0.2, 0) is 16.0 Å². The molecule has 0 amide bonds. The molecule has 1 aliphatic rings. The lowest BCUT2D eigenvalue weighted by molar-refractivity contribution is -0.144. The number of esters is 1. The molecule has 3 nitrogen and oxygen atoms in total. The Morgan fingerprint density at radius 3 is 3.00 bits per heavy atom. The molecule has 0 saturated heterocycles. The van der Waals surface area contributed by atoms with Crippen LogP contribution in [0.4, 0.5) is 5.69 Å². The molecule has 0 aromatic heterocycles. The first-order valence-electron chi connectivity index (χ1n) is 6.32. The number of rotatable bonds is 5. The first-order chi connectivity index (χ1) is 8.31. The van der Waals surface area contributed by atoms with Gasteiger partial charge in [0, 0.05) is 12.1 Å². The van der Waals surface area contributed by atoms with E-state index in [0.29, 0.717) is 6.61 Å². The summed E-state index contributed by atoms with van der Waals surface area (Å²) >= 11 is 0. The SMILES string of the molecule is CCCCCOC(=O)[C@@H]1Cc2ccccc2N1. The Morgan fingerprint density at radius 1 is 1.41 bits per heavy atom. The standard InChI is InChI=1S/C14H19NO2/c1-2-3-6-9-17-14(16)13-10-11-7-4-5-8-12(11)15-13/h4-5,7-8,13,15H,2-3,6,9-10H2,1H3/t13-/m0/s1. The molecule has 0 bridgehead atoms. The van der Waals surface area contributed by atoms with Gasteiger partial charge in [-0.1, -0.05) is 38.0 Å². The third kappa shape index (κ3) is 2.99. The molecular weight excluding hydrogens is 214 g/mol. The summed E-state index contributed by atoms with van der Waals surface area (Å²) < 4.78 is 5.26. The van der Waals surface area contributed by atoms with Crippen LogP contribution in [0.15, 0.2) is 24.3 Å². The fraction of sp³-hybridized carbons (Fsp3) is 0.500. The van der Waals surface area contributed by atoms with Crippen LogP contribution in [0.3, 0.4) is 0 Å². The van der Waals surface area contributed by atoms with E-state index < -0.39 is 0 Å². The number of unbranched alkanes of at least 4 members (excludes halogenated alkanes) is 2. The van der Waals surface area contributed by atoms with Crippen molar-refractivity contribution < 1.29 is 9.53 Å². The minimum Gasteiger partial charge on any atom is -0.464 e. The zero-order valence-electron chi connectivity index (χ0n) is 10.2. The van der Waals surface area contributed by atoms with Gasteiger partial charge in [-0.2, -0.15) is 0 Å². The van der Waals surface area contributed by atoms with Crippen molar-refractivity contribution >= 4 is 11.7 Å². The molecular formula is C14H19NO2. The highest BCUT2D eigenvalue weighted by Crippen LogP contribution is 2.25. The molecule has 3 heteroatoms. The Hall–Kier alpha value is -1.51. The summed E-state index contributed by atoms with van der Waals surface area (Å²) in [6.07, 6.45) is 3.96. The molecule has 0 fully saturated rings. The summed E-state index contributed by atoms with van der Waals surface area (Å²) in [5.41, 5.74) is 2.26. The quantitative estimate of drug-likeness (QED) is 0.627. The van der Waals surface area contributed by atoms with Gasteiger partial charge in [0.2, 0.25) is 0 Å². The average molecular weight is 233 g/mol. The van der Waals surface area contributed by atoms with E-state index in [1.165, 1.54) is 5.56 Å². The third-order valence-electron chi connectivity index (χ3n) is 3.05. The van der Waals surface area contributed by atoms with Crippen molar-refractivity contribution in [3.05, 3.63) is 29.8 Å². The van der Waals surface area contributed by atoms with Gasteiger partial charge in [0.1, 0.15) is 6.04 Å².